The molecule has 1 saturated heterocycles. The zero-order chi connectivity index (χ0) is 25.2. The molecule has 1 aliphatic heterocycles. The lowest BCUT2D eigenvalue weighted by molar-refractivity contribution is -0.137. The van der Waals surface area contributed by atoms with Crippen molar-refractivity contribution in [3.05, 3.63) is 65.2 Å². The van der Waals surface area contributed by atoms with Crippen LogP contribution < -0.4 is 10.6 Å². The van der Waals surface area contributed by atoms with Gasteiger partial charge >= 0.3 is 6.18 Å². The van der Waals surface area contributed by atoms with Crippen LogP contribution in [0, 0.1) is 0 Å². The summed E-state index contributed by atoms with van der Waals surface area (Å²) in [7, 11) is 0. The van der Waals surface area contributed by atoms with Crippen LogP contribution in [0.3, 0.4) is 0 Å². The van der Waals surface area contributed by atoms with Gasteiger partial charge in [0.25, 0.3) is 5.91 Å². The minimum Gasteiger partial charge on any atom is -0.508 e. The van der Waals surface area contributed by atoms with Gasteiger partial charge in [0.1, 0.15) is 5.75 Å². The van der Waals surface area contributed by atoms with E-state index in [2.05, 4.69) is 15.5 Å². The third kappa shape index (κ3) is 5.94. The van der Waals surface area contributed by atoms with E-state index in [1.54, 1.807) is 18.2 Å². The molecular formula is C25H28F3N3O4. The van der Waals surface area contributed by atoms with Crippen molar-refractivity contribution in [3.63, 3.8) is 0 Å². The average molecular weight is 492 g/mol. The number of likely N-dealkylation sites (tertiary alicyclic amines) is 1. The largest absolute Gasteiger partial charge is 0.508 e. The van der Waals surface area contributed by atoms with Crippen molar-refractivity contribution in [2.75, 3.05) is 19.6 Å². The Morgan fingerprint density at radius 2 is 1.74 bits per heavy atom. The zero-order valence-electron chi connectivity index (χ0n) is 19.0. The first-order chi connectivity index (χ1) is 16.5. The molecule has 0 unspecified atom stereocenters. The maximum absolute atomic E-state index is 12.8. The summed E-state index contributed by atoms with van der Waals surface area (Å²) < 4.78 is 38.4. The molecule has 0 atom stereocenters. The summed E-state index contributed by atoms with van der Waals surface area (Å²) in [5.74, 6) is -1.02. The summed E-state index contributed by atoms with van der Waals surface area (Å²) in [5, 5.41) is 25.9. The highest BCUT2D eigenvalue weighted by Crippen LogP contribution is 2.40. The van der Waals surface area contributed by atoms with Gasteiger partial charge in [0.2, 0.25) is 5.91 Å². The number of aromatic hydroxyl groups is 1. The number of hydrogen-bond acceptors (Lipinski definition) is 5. The van der Waals surface area contributed by atoms with E-state index in [1.807, 2.05) is 6.07 Å². The Labute approximate surface area is 200 Å². The van der Waals surface area contributed by atoms with Gasteiger partial charge in [0, 0.05) is 24.7 Å². The van der Waals surface area contributed by atoms with Gasteiger partial charge in [-0.1, -0.05) is 18.2 Å². The summed E-state index contributed by atoms with van der Waals surface area (Å²) in [4.78, 5) is 26.6. The number of benzene rings is 2. The second-order valence-corrected chi connectivity index (χ2v) is 9.29. The lowest BCUT2D eigenvalue weighted by Crippen LogP contribution is -2.63. The van der Waals surface area contributed by atoms with E-state index in [-0.39, 0.29) is 23.9 Å². The fourth-order valence-electron chi connectivity index (χ4n) is 4.81. The van der Waals surface area contributed by atoms with Gasteiger partial charge in [0.15, 0.2) is 0 Å². The average Bonchev–Trinajstić information content (AvgIpc) is 2.80. The number of rotatable bonds is 6. The molecule has 2 aliphatic rings. The first kappa shape index (κ1) is 25.0. The number of alkyl halides is 3. The minimum atomic E-state index is -4.55. The molecule has 2 amide bonds. The third-order valence-corrected chi connectivity index (χ3v) is 6.82. The minimum absolute atomic E-state index is 0.0696. The fourth-order valence-corrected chi connectivity index (χ4v) is 4.81. The topological polar surface area (TPSA) is 102 Å². The zero-order valence-corrected chi connectivity index (χ0v) is 19.0. The van der Waals surface area contributed by atoms with E-state index < -0.39 is 29.2 Å². The maximum Gasteiger partial charge on any atom is 0.416 e. The van der Waals surface area contributed by atoms with E-state index in [0.29, 0.717) is 32.0 Å². The molecule has 7 nitrogen and oxygen atoms in total. The second-order valence-electron chi connectivity index (χ2n) is 9.29. The van der Waals surface area contributed by atoms with Gasteiger partial charge in [0.05, 0.1) is 23.8 Å². The predicted octanol–water partition coefficient (Wildman–Crippen LogP) is 2.77. The van der Waals surface area contributed by atoms with Crippen molar-refractivity contribution < 1.29 is 33.0 Å². The third-order valence-electron chi connectivity index (χ3n) is 6.82. The number of carbonyl (C=O) groups excluding carboxylic acids is 2. The van der Waals surface area contributed by atoms with Gasteiger partial charge in [-0.2, -0.15) is 13.2 Å². The number of phenolic OH excluding ortho intramolecular Hbond substituents is 1. The van der Waals surface area contributed by atoms with Gasteiger partial charge < -0.3 is 20.8 Å². The number of carbonyl (C=O) groups is 2. The Morgan fingerprint density at radius 1 is 1.06 bits per heavy atom. The molecule has 4 rings (SSSR count). The summed E-state index contributed by atoms with van der Waals surface area (Å²) in [6.45, 7) is 0.983. The molecule has 0 radical (unpaired) electrons. The quantitative estimate of drug-likeness (QED) is 0.498. The summed E-state index contributed by atoms with van der Waals surface area (Å²) in [6, 6.07) is 11.0. The highest BCUT2D eigenvalue weighted by molar-refractivity contribution is 5.96. The number of hydrogen-bond donors (Lipinski definition) is 4. The number of amides is 2. The Kier molecular flexibility index (Phi) is 7.05. The molecule has 35 heavy (non-hydrogen) atoms. The molecule has 2 fully saturated rings. The molecule has 2 aromatic carbocycles. The van der Waals surface area contributed by atoms with Gasteiger partial charge in [-0.05, 0) is 61.6 Å². The van der Waals surface area contributed by atoms with Crippen molar-refractivity contribution in [1.82, 2.24) is 15.5 Å². The fraction of sp³-hybridized carbons (Fsp3) is 0.440. The standard InChI is InChI=1S/C25H28F3N3O4/c26-25(27,28)18-5-1-3-16(11-18)23(34)29-13-22(33)30-19-14-31(15-19)20-7-9-24(35,10-8-20)17-4-2-6-21(32)12-17/h1-6,11-12,19-20,32,35H,7-10,13-15H2,(H,29,34)(H,30,33). The SMILES string of the molecule is O=C(CNC(=O)c1cccc(C(F)(F)F)c1)NC1CN(C2CCC(O)(c3cccc(O)c3)CC2)C1. The molecule has 1 saturated carbocycles. The van der Waals surface area contributed by atoms with Gasteiger partial charge in [-0.15, -0.1) is 0 Å². The molecule has 0 aromatic heterocycles. The maximum atomic E-state index is 12.8. The van der Waals surface area contributed by atoms with Crippen LogP contribution in [0.1, 0.15) is 47.2 Å². The molecule has 0 spiro atoms. The van der Waals surface area contributed by atoms with Gasteiger partial charge in [-0.25, -0.2) is 0 Å². The summed E-state index contributed by atoms with van der Waals surface area (Å²) >= 11 is 0. The second kappa shape index (κ2) is 9.87. The molecule has 0 bridgehead atoms. The smallest absolute Gasteiger partial charge is 0.416 e. The molecule has 10 heteroatoms. The van der Waals surface area contributed by atoms with E-state index in [0.717, 1.165) is 36.6 Å². The van der Waals surface area contributed by atoms with Crippen molar-refractivity contribution >= 4 is 11.8 Å². The number of nitrogens with one attached hydrogen (secondary N) is 2. The number of nitrogens with zero attached hydrogens (tertiary/aromatic N) is 1. The van der Waals surface area contributed by atoms with Crippen molar-refractivity contribution in [1.29, 1.82) is 0 Å². The molecular weight excluding hydrogens is 463 g/mol. The molecule has 2 aromatic rings. The van der Waals surface area contributed by atoms with Crippen LogP contribution in [0.2, 0.25) is 0 Å². The number of aliphatic hydroxyl groups is 1. The Morgan fingerprint density at radius 3 is 2.40 bits per heavy atom. The van der Waals surface area contributed by atoms with E-state index >= 15 is 0 Å². The molecule has 188 valence electrons. The Hall–Kier alpha value is -3.11. The van der Waals surface area contributed by atoms with Crippen molar-refractivity contribution in [2.45, 2.75) is 49.5 Å². The number of halogens is 3. The van der Waals surface area contributed by atoms with Gasteiger partial charge in [-0.3, -0.25) is 14.5 Å². The Bertz CT molecular complexity index is 1080. The van der Waals surface area contributed by atoms with Crippen LogP contribution in [0.4, 0.5) is 13.2 Å². The first-order valence-electron chi connectivity index (χ1n) is 11.5. The monoisotopic (exact) mass is 491 g/mol. The molecule has 1 heterocycles. The highest BCUT2D eigenvalue weighted by atomic mass is 19.4. The van der Waals surface area contributed by atoms with Crippen LogP contribution >= 0.6 is 0 Å². The normalized spacial score (nSPS) is 23.4. The van der Waals surface area contributed by atoms with Crippen LogP contribution in [0.15, 0.2) is 48.5 Å². The van der Waals surface area contributed by atoms with E-state index in [4.69, 9.17) is 0 Å². The lowest BCUT2D eigenvalue weighted by atomic mass is 9.76. The van der Waals surface area contributed by atoms with Crippen molar-refractivity contribution in [2.24, 2.45) is 0 Å². The van der Waals surface area contributed by atoms with Crippen LogP contribution in [0.5, 0.6) is 5.75 Å². The lowest BCUT2D eigenvalue weighted by Gasteiger charge is -2.48. The van der Waals surface area contributed by atoms with E-state index in [9.17, 15) is 33.0 Å². The molecule has 1 aliphatic carbocycles. The Balaban J connectivity index is 1.18. The van der Waals surface area contributed by atoms with Crippen LogP contribution in [-0.2, 0) is 16.6 Å². The number of phenols is 1. The van der Waals surface area contributed by atoms with Crippen LogP contribution in [-0.4, -0.2) is 58.6 Å². The van der Waals surface area contributed by atoms with Crippen molar-refractivity contribution in [3.8, 4) is 5.75 Å². The predicted molar refractivity (Wildman–Crippen MR) is 122 cm³/mol. The molecule has 4 N–H and O–H groups in total. The van der Waals surface area contributed by atoms with E-state index in [1.165, 1.54) is 6.07 Å². The summed E-state index contributed by atoms with van der Waals surface area (Å²) in [6.07, 6.45) is -1.81. The first-order valence-corrected chi connectivity index (χ1v) is 11.5. The highest BCUT2D eigenvalue weighted by Gasteiger charge is 2.40. The summed E-state index contributed by atoms with van der Waals surface area (Å²) in [5.41, 5.74) is -1.32. The van der Waals surface area contributed by atoms with Crippen LogP contribution in [0.25, 0.3) is 0 Å².